The van der Waals surface area contributed by atoms with Crippen LogP contribution in [0.2, 0.25) is 0 Å². The van der Waals surface area contributed by atoms with Crippen molar-refractivity contribution >= 4 is 5.91 Å². The van der Waals surface area contributed by atoms with Crippen molar-refractivity contribution in [1.29, 1.82) is 0 Å². The van der Waals surface area contributed by atoms with Gasteiger partial charge in [0.15, 0.2) is 0 Å². The molecule has 1 fully saturated rings. The minimum absolute atomic E-state index is 0.0600. The Kier molecular flexibility index (Phi) is 5.64. The number of halogens is 1. The van der Waals surface area contributed by atoms with E-state index < -0.39 is 0 Å². The number of likely N-dealkylation sites (tertiary alicyclic amines) is 1. The van der Waals surface area contributed by atoms with Gasteiger partial charge in [0.05, 0.1) is 18.7 Å². The molecule has 1 aromatic carbocycles. The van der Waals surface area contributed by atoms with E-state index in [9.17, 15) is 9.18 Å². The summed E-state index contributed by atoms with van der Waals surface area (Å²) in [7, 11) is 0. The van der Waals surface area contributed by atoms with Crippen molar-refractivity contribution in [1.82, 2.24) is 10.2 Å². The van der Waals surface area contributed by atoms with E-state index >= 15 is 0 Å². The molecule has 1 saturated heterocycles. The predicted octanol–water partition coefficient (Wildman–Crippen LogP) is 3.30. The second-order valence-corrected chi connectivity index (χ2v) is 6.24. The molecule has 0 bridgehead atoms. The van der Waals surface area contributed by atoms with Crippen LogP contribution in [0.5, 0.6) is 0 Å². The number of benzene rings is 1. The van der Waals surface area contributed by atoms with Gasteiger partial charge in [0, 0.05) is 6.54 Å². The standard InChI is InChI=1S/C19H23FN2O2/c20-16-8-6-15(7-9-16)13-19(23)21-14-17(18-5-4-12-24-18)22-10-2-1-3-11-22/h4-9,12,17H,1-3,10-11,13-14H2,(H,21,23). The number of hydrogen-bond donors (Lipinski definition) is 1. The van der Waals surface area contributed by atoms with E-state index in [0.29, 0.717) is 6.54 Å². The Labute approximate surface area is 141 Å². The van der Waals surface area contributed by atoms with E-state index in [4.69, 9.17) is 4.42 Å². The van der Waals surface area contributed by atoms with Crippen LogP contribution in [-0.2, 0) is 11.2 Å². The van der Waals surface area contributed by atoms with Gasteiger partial charge in [-0.3, -0.25) is 9.69 Å². The normalized spacial score (nSPS) is 16.7. The van der Waals surface area contributed by atoms with Gasteiger partial charge in [0.25, 0.3) is 0 Å². The molecule has 4 nitrogen and oxygen atoms in total. The second kappa shape index (κ2) is 8.11. The molecule has 1 atom stereocenters. The lowest BCUT2D eigenvalue weighted by molar-refractivity contribution is -0.120. The van der Waals surface area contributed by atoms with E-state index in [-0.39, 0.29) is 24.2 Å². The largest absolute Gasteiger partial charge is 0.468 e. The van der Waals surface area contributed by atoms with Gasteiger partial charge in [0.1, 0.15) is 11.6 Å². The summed E-state index contributed by atoms with van der Waals surface area (Å²) < 4.78 is 18.5. The van der Waals surface area contributed by atoms with Crippen molar-refractivity contribution in [2.75, 3.05) is 19.6 Å². The third kappa shape index (κ3) is 4.45. The highest BCUT2D eigenvalue weighted by Gasteiger charge is 2.24. The molecule has 5 heteroatoms. The van der Waals surface area contributed by atoms with Crippen LogP contribution in [0.4, 0.5) is 4.39 Å². The van der Waals surface area contributed by atoms with Crippen molar-refractivity contribution in [2.24, 2.45) is 0 Å². The molecule has 0 saturated carbocycles. The SMILES string of the molecule is O=C(Cc1ccc(F)cc1)NCC(c1ccco1)N1CCCCC1. The Hall–Kier alpha value is -2.14. The first-order chi connectivity index (χ1) is 11.7. The molecule has 1 aliphatic heterocycles. The van der Waals surface area contributed by atoms with E-state index in [1.54, 1.807) is 18.4 Å². The van der Waals surface area contributed by atoms with Crippen LogP contribution in [-0.4, -0.2) is 30.4 Å². The first kappa shape index (κ1) is 16.7. The third-order valence-electron chi connectivity index (χ3n) is 4.47. The Morgan fingerprint density at radius 1 is 1.17 bits per heavy atom. The van der Waals surface area contributed by atoms with Crippen LogP contribution in [0.25, 0.3) is 0 Å². The predicted molar refractivity (Wildman–Crippen MR) is 90.0 cm³/mol. The van der Waals surface area contributed by atoms with Crippen LogP contribution in [0, 0.1) is 5.82 Å². The minimum Gasteiger partial charge on any atom is -0.468 e. The number of hydrogen-bond acceptors (Lipinski definition) is 3. The topological polar surface area (TPSA) is 45.5 Å². The van der Waals surface area contributed by atoms with Crippen molar-refractivity contribution < 1.29 is 13.6 Å². The van der Waals surface area contributed by atoms with E-state index in [1.165, 1.54) is 31.4 Å². The lowest BCUT2D eigenvalue weighted by Crippen LogP contribution is -2.40. The number of rotatable bonds is 6. The summed E-state index contributed by atoms with van der Waals surface area (Å²) in [5.74, 6) is 0.538. The molecule has 2 aromatic rings. The second-order valence-electron chi connectivity index (χ2n) is 6.24. The van der Waals surface area contributed by atoms with Gasteiger partial charge in [-0.05, 0) is 55.8 Å². The highest BCUT2D eigenvalue weighted by atomic mass is 19.1. The van der Waals surface area contributed by atoms with Gasteiger partial charge in [-0.15, -0.1) is 0 Å². The van der Waals surface area contributed by atoms with Crippen molar-refractivity contribution in [3.63, 3.8) is 0 Å². The van der Waals surface area contributed by atoms with Crippen molar-refractivity contribution in [3.05, 3.63) is 59.8 Å². The monoisotopic (exact) mass is 330 g/mol. The third-order valence-corrected chi connectivity index (χ3v) is 4.47. The number of carbonyl (C=O) groups is 1. The maximum atomic E-state index is 12.9. The maximum absolute atomic E-state index is 12.9. The molecule has 1 amide bonds. The molecule has 0 spiro atoms. The average molecular weight is 330 g/mol. The molecule has 1 aliphatic rings. The molecular weight excluding hydrogens is 307 g/mol. The zero-order valence-electron chi connectivity index (χ0n) is 13.7. The van der Waals surface area contributed by atoms with Gasteiger partial charge in [-0.2, -0.15) is 0 Å². The van der Waals surface area contributed by atoms with E-state index in [2.05, 4.69) is 10.2 Å². The Morgan fingerprint density at radius 2 is 1.92 bits per heavy atom. The molecular formula is C19H23FN2O2. The number of piperidine rings is 1. The fourth-order valence-corrected chi connectivity index (χ4v) is 3.18. The quantitative estimate of drug-likeness (QED) is 0.884. The molecule has 1 aromatic heterocycles. The smallest absolute Gasteiger partial charge is 0.224 e. The molecule has 0 radical (unpaired) electrons. The van der Waals surface area contributed by atoms with Crippen LogP contribution < -0.4 is 5.32 Å². The molecule has 3 rings (SSSR count). The van der Waals surface area contributed by atoms with Gasteiger partial charge in [-0.25, -0.2) is 4.39 Å². The highest BCUT2D eigenvalue weighted by Crippen LogP contribution is 2.24. The Bertz CT molecular complexity index is 634. The molecule has 128 valence electrons. The Morgan fingerprint density at radius 3 is 2.58 bits per heavy atom. The summed E-state index contributed by atoms with van der Waals surface area (Å²) >= 11 is 0. The van der Waals surface area contributed by atoms with Gasteiger partial charge in [0.2, 0.25) is 5.91 Å². The number of nitrogens with one attached hydrogen (secondary N) is 1. The first-order valence-corrected chi connectivity index (χ1v) is 8.51. The molecule has 2 heterocycles. The maximum Gasteiger partial charge on any atom is 0.224 e. The van der Waals surface area contributed by atoms with Crippen LogP contribution in [0.1, 0.15) is 36.6 Å². The lowest BCUT2D eigenvalue weighted by atomic mass is 10.1. The fraction of sp³-hybridized carbons (Fsp3) is 0.421. The minimum atomic E-state index is -0.290. The molecule has 0 aliphatic carbocycles. The van der Waals surface area contributed by atoms with Crippen LogP contribution in [0.15, 0.2) is 47.1 Å². The van der Waals surface area contributed by atoms with E-state index in [1.807, 2.05) is 12.1 Å². The number of nitrogens with zero attached hydrogens (tertiary/aromatic N) is 1. The molecule has 1 unspecified atom stereocenters. The van der Waals surface area contributed by atoms with Gasteiger partial charge >= 0.3 is 0 Å². The highest BCUT2D eigenvalue weighted by molar-refractivity contribution is 5.78. The number of amides is 1. The van der Waals surface area contributed by atoms with Crippen LogP contribution >= 0.6 is 0 Å². The average Bonchev–Trinajstić information content (AvgIpc) is 3.12. The molecule has 1 N–H and O–H groups in total. The summed E-state index contributed by atoms with van der Waals surface area (Å²) in [6.45, 7) is 2.58. The summed E-state index contributed by atoms with van der Waals surface area (Å²) in [6.07, 6.45) is 5.55. The fourth-order valence-electron chi connectivity index (χ4n) is 3.18. The Balaban J connectivity index is 1.58. The van der Waals surface area contributed by atoms with E-state index in [0.717, 1.165) is 24.4 Å². The summed E-state index contributed by atoms with van der Waals surface area (Å²) in [6, 6.07) is 9.95. The molecule has 24 heavy (non-hydrogen) atoms. The van der Waals surface area contributed by atoms with Gasteiger partial charge < -0.3 is 9.73 Å². The van der Waals surface area contributed by atoms with Crippen molar-refractivity contribution in [3.8, 4) is 0 Å². The summed E-state index contributed by atoms with van der Waals surface area (Å²) in [4.78, 5) is 14.6. The number of carbonyl (C=O) groups excluding carboxylic acids is 1. The lowest BCUT2D eigenvalue weighted by Gasteiger charge is -2.33. The zero-order chi connectivity index (χ0) is 16.8. The first-order valence-electron chi connectivity index (χ1n) is 8.51. The summed E-state index contributed by atoms with van der Waals surface area (Å²) in [5, 5.41) is 3.00. The van der Waals surface area contributed by atoms with Crippen molar-refractivity contribution in [2.45, 2.75) is 31.7 Å². The van der Waals surface area contributed by atoms with Crippen LogP contribution in [0.3, 0.4) is 0 Å². The zero-order valence-corrected chi connectivity index (χ0v) is 13.7. The number of furan rings is 1. The van der Waals surface area contributed by atoms with Gasteiger partial charge in [-0.1, -0.05) is 18.6 Å². The summed E-state index contributed by atoms with van der Waals surface area (Å²) in [5.41, 5.74) is 0.807.